The molecule has 0 spiro atoms. The highest BCUT2D eigenvalue weighted by Crippen LogP contribution is 2.26. The van der Waals surface area contributed by atoms with Gasteiger partial charge in [0.2, 0.25) is 0 Å². The molecule has 1 aliphatic heterocycles. The van der Waals surface area contributed by atoms with Crippen LogP contribution in [-0.2, 0) is 13.1 Å². The number of aromatic nitrogens is 1. The highest BCUT2D eigenvalue weighted by Gasteiger charge is 2.18. The summed E-state index contributed by atoms with van der Waals surface area (Å²) in [6, 6.07) is 6.53. The van der Waals surface area contributed by atoms with Gasteiger partial charge in [-0.2, -0.15) is 11.3 Å². The van der Waals surface area contributed by atoms with E-state index in [-0.39, 0.29) is 0 Å². The molecule has 3 nitrogen and oxygen atoms in total. The van der Waals surface area contributed by atoms with Crippen LogP contribution in [-0.4, -0.2) is 41.0 Å². The third kappa shape index (κ3) is 3.89. The van der Waals surface area contributed by atoms with Crippen molar-refractivity contribution in [1.29, 1.82) is 0 Å². The molecule has 0 radical (unpaired) electrons. The first kappa shape index (κ1) is 15.5. The second kappa shape index (κ2) is 7.23. The zero-order chi connectivity index (χ0) is 15.5. The molecule has 0 unspecified atom stereocenters. The van der Waals surface area contributed by atoms with E-state index in [4.69, 9.17) is 4.98 Å². The van der Waals surface area contributed by atoms with Gasteiger partial charge in [0.1, 0.15) is 5.01 Å². The molecule has 1 aliphatic rings. The van der Waals surface area contributed by atoms with Crippen molar-refractivity contribution < 1.29 is 0 Å². The van der Waals surface area contributed by atoms with Gasteiger partial charge in [-0.1, -0.05) is 6.07 Å². The first-order valence-electron chi connectivity index (χ1n) is 7.81. The Morgan fingerprint density at radius 3 is 2.43 bits per heavy atom. The van der Waals surface area contributed by atoms with E-state index in [0.29, 0.717) is 0 Å². The van der Waals surface area contributed by atoms with Gasteiger partial charge >= 0.3 is 0 Å². The summed E-state index contributed by atoms with van der Waals surface area (Å²) in [5.74, 6) is 0. The molecule has 6 heteroatoms. The Hall–Kier alpha value is -1.05. The maximum Gasteiger partial charge on any atom is 0.124 e. The van der Waals surface area contributed by atoms with Crippen LogP contribution in [0.1, 0.15) is 10.6 Å². The topological polar surface area (TPSA) is 19.4 Å². The van der Waals surface area contributed by atoms with Crippen molar-refractivity contribution in [1.82, 2.24) is 14.8 Å². The van der Waals surface area contributed by atoms with Crippen LogP contribution in [0.3, 0.4) is 0 Å². The lowest BCUT2D eigenvalue weighted by molar-refractivity contribution is 0.122. The molecule has 1 fully saturated rings. The van der Waals surface area contributed by atoms with E-state index in [0.717, 1.165) is 44.3 Å². The van der Waals surface area contributed by atoms with Crippen LogP contribution in [0.5, 0.6) is 0 Å². The van der Waals surface area contributed by atoms with Gasteiger partial charge in [-0.05, 0) is 22.9 Å². The van der Waals surface area contributed by atoms with Gasteiger partial charge < -0.3 is 0 Å². The molecular weight excluding hydrogens is 342 g/mol. The van der Waals surface area contributed by atoms with Gasteiger partial charge in [-0.3, -0.25) is 9.80 Å². The highest BCUT2D eigenvalue weighted by molar-refractivity contribution is 7.14. The first-order chi connectivity index (χ1) is 11.4. The van der Waals surface area contributed by atoms with E-state index in [9.17, 15) is 0 Å². The van der Waals surface area contributed by atoms with Crippen LogP contribution in [0.2, 0.25) is 0 Å². The van der Waals surface area contributed by atoms with Crippen LogP contribution in [0.25, 0.3) is 10.6 Å². The fraction of sp³-hybridized carbons (Fsp3) is 0.353. The van der Waals surface area contributed by atoms with Crippen molar-refractivity contribution in [3.63, 3.8) is 0 Å². The molecule has 0 atom stereocenters. The fourth-order valence-electron chi connectivity index (χ4n) is 2.86. The minimum absolute atomic E-state index is 0.980. The zero-order valence-electron chi connectivity index (χ0n) is 12.9. The summed E-state index contributed by atoms with van der Waals surface area (Å²) in [4.78, 5) is 11.3. The van der Waals surface area contributed by atoms with Gasteiger partial charge in [0.15, 0.2) is 0 Å². The zero-order valence-corrected chi connectivity index (χ0v) is 15.3. The lowest BCUT2D eigenvalue weighted by atomic mass is 10.3. The molecule has 1 saturated heterocycles. The normalized spacial score (nSPS) is 16.9. The summed E-state index contributed by atoms with van der Waals surface area (Å²) in [6.45, 7) is 6.66. The highest BCUT2D eigenvalue weighted by atomic mass is 32.1. The summed E-state index contributed by atoms with van der Waals surface area (Å²) >= 11 is 5.35. The maximum atomic E-state index is 4.80. The summed E-state index contributed by atoms with van der Waals surface area (Å²) in [6.07, 6.45) is 0. The number of hydrogen-bond acceptors (Lipinski definition) is 6. The van der Waals surface area contributed by atoms with E-state index < -0.39 is 0 Å². The Kier molecular flexibility index (Phi) is 4.87. The minimum Gasteiger partial charge on any atom is -0.296 e. The van der Waals surface area contributed by atoms with Gasteiger partial charge in [0, 0.05) is 60.5 Å². The second-order valence-corrected chi connectivity index (χ2v) is 8.46. The molecule has 0 amide bonds. The van der Waals surface area contributed by atoms with Gasteiger partial charge in [0.05, 0.1) is 5.69 Å². The predicted octanol–water partition coefficient (Wildman–Crippen LogP) is 4.25. The molecule has 120 valence electrons. The number of nitrogens with zero attached hydrogens (tertiary/aromatic N) is 3. The molecule has 0 bridgehead atoms. The van der Waals surface area contributed by atoms with Gasteiger partial charge in [0.25, 0.3) is 0 Å². The Morgan fingerprint density at radius 1 is 0.913 bits per heavy atom. The fourth-order valence-corrected chi connectivity index (χ4v) is 5.13. The molecule has 4 heterocycles. The lowest BCUT2D eigenvalue weighted by Gasteiger charge is -2.34. The molecule has 3 aromatic heterocycles. The van der Waals surface area contributed by atoms with Crippen LogP contribution in [0.4, 0.5) is 0 Å². The number of thiophene rings is 2. The molecule has 0 saturated carbocycles. The Morgan fingerprint density at radius 2 is 1.74 bits per heavy atom. The van der Waals surface area contributed by atoms with Crippen LogP contribution in [0.15, 0.2) is 39.7 Å². The largest absolute Gasteiger partial charge is 0.296 e. The second-order valence-electron chi connectivity index (χ2n) is 5.79. The number of piperazine rings is 1. The summed E-state index contributed by atoms with van der Waals surface area (Å²) in [5.41, 5.74) is 2.47. The Bertz CT molecular complexity index is 710. The monoisotopic (exact) mass is 361 g/mol. The third-order valence-corrected chi connectivity index (χ3v) is 6.61. The smallest absolute Gasteiger partial charge is 0.124 e. The van der Waals surface area contributed by atoms with Gasteiger partial charge in [-0.15, -0.1) is 22.7 Å². The van der Waals surface area contributed by atoms with E-state index in [1.165, 1.54) is 16.1 Å². The Balaban J connectivity index is 1.29. The minimum atomic E-state index is 0.980. The van der Waals surface area contributed by atoms with Crippen molar-refractivity contribution in [2.75, 3.05) is 26.2 Å². The molecule has 0 aliphatic carbocycles. The molecule has 0 N–H and O–H groups in total. The van der Waals surface area contributed by atoms with Crippen LogP contribution >= 0.6 is 34.0 Å². The lowest BCUT2D eigenvalue weighted by Crippen LogP contribution is -2.45. The predicted molar refractivity (Wildman–Crippen MR) is 100 cm³/mol. The third-order valence-electron chi connectivity index (χ3n) is 4.13. The SMILES string of the molecule is c1csc(CN2CCN(Cc3csc(-c4ccsc4)n3)CC2)c1. The van der Waals surface area contributed by atoms with Crippen molar-refractivity contribution in [3.8, 4) is 10.6 Å². The van der Waals surface area contributed by atoms with Crippen molar-refractivity contribution >= 4 is 34.0 Å². The molecule has 0 aromatic carbocycles. The van der Waals surface area contributed by atoms with Crippen molar-refractivity contribution in [2.45, 2.75) is 13.1 Å². The van der Waals surface area contributed by atoms with E-state index in [1.54, 1.807) is 22.7 Å². The molecular formula is C17H19N3S3. The van der Waals surface area contributed by atoms with Crippen LogP contribution < -0.4 is 0 Å². The number of hydrogen-bond donors (Lipinski definition) is 0. The van der Waals surface area contributed by atoms with Crippen molar-refractivity contribution in [3.05, 3.63) is 50.3 Å². The Labute approximate surface area is 148 Å². The molecule has 3 aromatic rings. The maximum absolute atomic E-state index is 4.80. The molecule has 23 heavy (non-hydrogen) atoms. The number of rotatable bonds is 5. The van der Waals surface area contributed by atoms with Gasteiger partial charge in [-0.25, -0.2) is 4.98 Å². The summed E-state index contributed by atoms with van der Waals surface area (Å²) < 4.78 is 0. The summed E-state index contributed by atoms with van der Waals surface area (Å²) in [7, 11) is 0. The van der Waals surface area contributed by atoms with Crippen molar-refractivity contribution in [2.24, 2.45) is 0 Å². The average molecular weight is 362 g/mol. The molecule has 4 rings (SSSR count). The average Bonchev–Trinajstić information content (AvgIpc) is 3.31. The van der Waals surface area contributed by atoms with E-state index in [1.807, 2.05) is 11.3 Å². The quantitative estimate of drug-likeness (QED) is 0.677. The standard InChI is InChI=1S/C17H19N3S3/c1-2-16(22-8-1)11-20-6-4-19(5-7-20)10-15-13-23-17(18-15)14-3-9-21-12-14/h1-3,8-9,12-13H,4-7,10-11H2. The van der Waals surface area contributed by atoms with E-state index >= 15 is 0 Å². The number of thiazole rings is 1. The van der Waals surface area contributed by atoms with Crippen LogP contribution in [0, 0.1) is 0 Å². The summed E-state index contributed by atoms with van der Waals surface area (Å²) in [5, 5.41) is 9.82. The van der Waals surface area contributed by atoms with E-state index in [2.05, 4.69) is 49.5 Å². The first-order valence-corrected chi connectivity index (χ1v) is 10.5.